The van der Waals surface area contributed by atoms with Crippen molar-refractivity contribution in [3.63, 3.8) is 0 Å². The monoisotopic (exact) mass is 249 g/mol. The standard InChI is InChI=1S/C14H19NO3/c1-9-5-7-10(8-6-9)12(16)15-11(13(17)18)14(2,3)4/h5-8,11H,1-4H3,(H,15,16)(H,17,18). The van der Waals surface area contributed by atoms with Crippen LogP contribution in [0.3, 0.4) is 0 Å². The van der Waals surface area contributed by atoms with Crippen molar-refractivity contribution >= 4 is 11.9 Å². The lowest BCUT2D eigenvalue weighted by Gasteiger charge is -2.27. The second-order valence-corrected chi connectivity index (χ2v) is 5.48. The Balaban J connectivity index is 2.86. The normalized spacial score (nSPS) is 12.9. The smallest absolute Gasteiger partial charge is 0.326 e. The number of rotatable bonds is 3. The van der Waals surface area contributed by atoms with Crippen molar-refractivity contribution in [2.75, 3.05) is 0 Å². The molecule has 0 saturated heterocycles. The Hall–Kier alpha value is -1.84. The Bertz CT molecular complexity index is 443. The average Bonchev–Trinajstić information content (AvgIpc) is 2.24. The molecular weight excluding hydrogens is 230 g/mol. The Morgan fingerprint density at radius 1 is 1.17 bits per heavy atom. The number of aliphatic carboxylic acids is 1. The van der Waals surface area contributed by atoms with Crippen LogP contribution >= 0.6 is 0 Å². The van der Waals surface area contributed by atoms with Gasteiger partial charge in [-0.25, -0.2) is 4.79 Å². The van der Waals surface area contributed by atoms with Gasteiger partial charge in [-0.05, 0) is 24.5 Å². The van der Waals surface area contributed by atoms with Crippen LogP contribution in [0.1, 0.15) is 36.7 Å². The number of hydrogen-bond donors (Lipinski definition) is 2. The molecule has 0 fully saturated rings. The summed E-state index contributed by atoms with van der Waals surface area (Å²) in [6, 6.07) is 6.11. The maximum atomic E-state index is 11.9. The summed E-state index contributed by atoms with van der Waals surface area (Å²) in [5.74, 6) is -1.39. The van der Waals surface area contributed by atoms with E-state index in [0.717, 1.165) is 5.56 Å². The first-order valence-corrected chi connectivity index (χ1v) is 5.82. The highest BCUT2D eigenvalue weighted by atomic mass is 16.4. The van der Waals surface area contributed by atoms with E-state index in [1.54, 1.807) is 32.9 Å². The molecule has 4 nitrogen and oxygen atoms in total. The van der Waals surface area contributed by atoms with E-state index in [1.807, 2.05) is 19.1 Å². The number of nitrogens with one attached hydrogen (secondary N) is 1. The lowest BCUT2D eigenvalue weighted by molar-refractivity contribution is -0.142. The molecule has 0 aliphatic carbocycles. The number of carbonyl (C=O) groups is 2. The van der Waals surface area contributed by atoms with Crippen molar-refractivity contribution in [2.45, 2.75) is 33.7 Å². The van der Waals surface area contributed by atoms with Gasteiger partial charge in [0, 0.05) is 5.56 Å². The fraction of sp³-hybridized carbons (Fsp3) is 0.429. The van der Waals surface area contributed by atoms with E-state index in [2.05, 4.69) is 5.32 Å². The first kappa shape index (κ1) is 14.2. The highest BCUT2D eigenvalue weighted by Crippen LogP contribution is 2.20. The molecule has 4 heteroatoms. The number of aryl methyl sites for hydroxylation is 1. The van der Waals surface area contributed by atoms with E-state index in [-0.39, 0.29) is 5.91 Å². The topological polar surface area (TPSA) is 66.4 Å². The molecule has 0 aliphatic rings. The zero-order chi connectivity index (χ0) is 13.9. The van der Waals surface area contributed by atoms with Gasteiger partial charge in [-0.1, -0.05) is 38.5 Å². The van der Waals surface area contributed by atoms with Crippen LogP contribution in [0.4, 0.5) is 0 Å². The molecule has 1 aromatic rings. The van der Waals surface area contributed by atoms with E-state index in [0.29, 0.717) is 5.56 Å². The van der Waals surface area contributed by atoms with Crippen molar-refractivity contribution < 1.29 is 14.7 Å². The number of carboxylic acid groups (broad SMARTS) is 1. The summed E-state index contributed by atoms with van der Waals surface area (Å²) in [5.41, 5.74) is 0.986. The highest BCUT2D eigenvalue weighted by molar-refractivity contribution is 5.96. The molecule has 0 radical (unpaired) electrons. The van der Waals surface area contributed by atoms with Crippen LogP contribution in [0.5, 0.6) is 0 Å². The minimum absolute atomic E-state index is 0.364. The molecular formula is C14H19NO3. The third kappa shape index (κ3) is 3.58. The number of benzene rings is 1. The summed E-state index contributed by atoms with van der Waals surface area (Å²) in [6.45, 7) is 7.26. The van der Waals surface area contributed by atoms with Gasteiger partial charge in [0.15, 0.2) is 0 Å². The largest absolute Gasteiger partial charge is 0.480 e. The summed E-state index contributed by atoms with van der Waals surface area (Å²) in [6.07, 6.45) is 0. The number of hydrogen-bond acceptors (Lipinski definition) is 2. The molecule has 0 heterocycles. The lowest BCUT2D eigenvalue weighted by Crippen LogP contribution is -2.49. The minimum Gasteiger partial charge on any atom is -0.480 e. The molecule has 2 N–H and O–H groups in total. The summed E-state index contributed by atoms with van der Waals surface area (Å²) < 4.78 is 0. The van der Waals surface area contributed by atoms with Crippen molar-refractivity contribution in [3.05, 3.63) is 35.4 Å². The first-order valence-electron chi connectivity index (χ1n) is 5.82. The number of amides is 1. The molecule has 18 heavy (non-hydrogen) atoms. The highest BCUT2D eigenvalue weighted by Gasteiger charge is 2.32. The van der Waals surface area contributed by atoms with Crippen molar-refractivity contribution in [3.8, 4) is 0 Å². The van der Waals surface area contributed by atoms with Gasteiger partial charge in [0.1, 0.15) is 6.04 Å². The lowest BCUT2D eigenvalue weighted by atomic mass is 9.86. The van der Waals surface area contributed by atoms with E-state index in [1.165, 1.54) is 0 Å². The van der Waals surface area contributed by atoms with E-state index in [4.69, 9.17) is 5.11 Å². The van der Waals surface area contributed by atoms with Crippen LogP contribution in [0, 0.1) is 12.3 Å². The van der Waals surface area contributed by atoms with Gasteiger partial charge in [0.2, 0.25) is 0 Å². The molecule has 0 bridgehead atoms. The van der Waals surface area contributed by atoms with E-state index >= 15 is 0 Å². The average molecular weight is 249 g/mol. The van der Waals surface area contributed by atoms with Crippen LogP contribution in [0.2, 0.25) is 0 Å². The third-order valence-electron chi connectivity index (χ3n) is 2.70. The van der Waals surface area contributed by atoms with Gasteiger partial charge in [-0.2, -0.15) is 0 Å². The first-order chi connectivity index (χ1) is 8.21. The number of carbonyl (C=O) groups excluding carboxylic acids is 1. The van der Waals surface area contributed by atoms with Crippen LogP contribution in [0.15, 0.2) is 24.3 Å². The Kier molecular flexibility index (Phi) is 4.11. The zero-order valence-electron chi connectivity index (χ0n) is 11.2. The second-order valence-electron chi connectivity index (χ2n) is 5.48. The minimum atomic E-state index is -1.03. The maximum absolute atomic E-state index is 11.9. The van der Waals surface area contributed by atoms with Crippen LogP contribution in [-0.4, -0.2) is 23.0 Å². The molecule has 1 rings (SSSR count). The molecule has 0 aliphatic heterocycles. The van der Waals surface area contributed by atoms with Crippen LogP contribution in [0.25, 0.3) is 0 Å². The summed E-state index contributed by atoms with van der Waals surface area (Å²) >= 11 is 0. The van der Waals surface area contributed by atoms with Gasteiger partial charge < -0.3 is 10.4 Å². The van der Waals surface area contributed by atoms with Crippen molar-refractivity contribution in [1.82, 2.24) is 5.32 Å². The Morgan fingerprint density at radius 3 is 2.06 bits per heavy atom. The SMILES string of the molecule is Cc1ccc(C(=O)NC(C(=O)O)C(C)(C)C)cc1. The number of carboxylic acids is 1. The Labute approximate surface area is 107 Å². The molecule has 0 aromatic heterocycles. The maximum Gasteiger partial charge on any atom is 0.326 e. The predicted octanol–water partition coefficient (Wildman–Crippen LogP) is 2.22. The Morgan fingerprint density at radius 2 is 1.67 bits per heavy atom. The van der Waals surface area contributed by atoms with Gasteiger partial charge >= 0.3 is 5.97 Å². The fourth-order valence-electron chi connectivity index (χ4n) is 1.57. The van der Waals surface area contributed by atoms with Gasteiger partial charge in [-0.15, -0.1) is 0 Å². The summed E-state index contributed by atoms with van der Waals surface area (Å²) in [4.78, 5) is 23.1. The van der Waals surface area contributed by atoms with Gasteiger partial charge in [0.05, 0.1) is 0 Å². The molecule has 0 spiro atoms. The van der Waals surface area contributed by atoms with Crippen molar-refractivity contribution in [1.29, 1.82) is 0 Å². The van der Waals surface area contributed by atoms with Crippen molar-refractivity contribution in [2.24, 2.45) is 5.41 Å². The zero-order valence-corrected chi connectivity index (χ0v) is 11.2. The molecule has 0 saturated carbocycles. The molecule has 1 amide bonds. The molecule has 1 aromatic carbocycles. The quantitative estimate of drug-likeness (QED) is 0.863. The summed E-state index contributed by atoms with van der Waals surface area (Å²) in [5, 5.41) is 11.7. The van der Waals surface area contributed by atoms with Gasteiger partial charge in [-0.3, -0.25) is 4.79 Å². The predicted molar refractivity (Wildman–Crippen MR) is 69.5 cm³/mol. The fourth-order valence-corrected chi connectivity index (χ4v) is 1.57. The molecule has 1 unspecified atom stereocenters. The van der Waals surface area contributed by atoms with Gasteiger partial charge in [0.25, 0.3) is 5.91 Å². The van der Waals surface area contributed by atoms with Crippen LogP contribution in [-0.2, 0) is 4.79 Å². The second kappa shape index (κ2) is 5.21. The molecule has 1 atom stereocenters. The third-order valence-corrected chi connectivity index (χ3v) is 2.70. The molecule has 98 valence electrons. The van der Waals surface area contributed by atoms with Crippen LogP contribution < -0.4 is 5.32 Å². The van der Waals surface area contributed by atoms with E-state index < -0.39 is 17.4 Å². The van der Waals surface area contributed by atoms with E-state index in [9.17, 15) is 9.59 Å². The summed E-state index contributed by atoms with van der Waals surface area (Å²) in [7, 11) is 0.